The molecule has 0 saturated carbocycles. The van der Waals surface area contributed by atoms with Gasteiger partial charge in [0.15, 0.2) is 11.3 Å². The SMILES string of the molecule is CC1Cc2cc(C=O)sc2C2(CCN(C(C)c3cnc(C(F)(F)F)s3)CC2)O1. The summed E-state index contributed by atoms with van der Waals surface area (Å²) < 4.78 is 44.9. The van der Waals surface area contributed by atoms with E-state index in [9.17, 15) is 18.0 Å². The Morgan fingerprint density at radius 1 is 1.36 bits per heavy atom. The molecule has 0 N–H and O–H groups in total. The highest BCUT2D eigenvalue weighted by Crippen LogP contribution is 2.48. The highest BCUT2D eigenvalue weighted by atomic mass is 32.1. The van der Waals surface area contributed by atoms with E-state index in [4.69, 9.17) is 4.74 Å². The molecule has 2 atom stereocenters. The van der Waals surface area contributed by atoms with Crippen molar-refractivity contribution in [3.8, 4) is 0 Å². The van der Waals surface area contributed by atoms with Crippen LogP contribution in [0.2, 0.25) is 0 Å². The summed E-state index contributed by atoms with van der Waals surface area (Å²) in [6, 6.07) is 1.85. The number of thiophene rings is 1. The van der Waals surface area contributed by atoms with Crippen LogP contribution in [0, 0.1) is 0 Å². The van der Waals surface area contributed by atoms with E-state index in [1.165, 1.54) is 23.1 Å². The Morgan fingerprint density at radius 3 is 2.68 bits per heavy atom. The van der Waals surface area contributed by atoms with Gasteiger partial charge in [0.05, 0.1) is 11.0 Å². The number of halogens is 3. The lowest BCUT2D eigenvalue weighted by Crippen LogP contribution is -2.48. The molecule has 152 valence electrons. The molecule has 0 radical (unpaired) electrons. The van der Waals surface area contributed by atoms with Gasteiger partial charge in [-0.25, -0.2) is 4.98 Å². The van der Waals surface area contributed by atoms with E-state index >= 15 is 0 Å². The number of thiazole rings is 1. The van der Waals surface area contributed by atoms with Gasteiger partial charge in [0.25, 0.3) is 0 Å². The number of rotatable bonds is 3. The largest absolute Gasteiger partial charge is 0.443 e. The van der Waals surface area contributed by atoms with Crippen molar-refractivity contribution < 1.29 is 22.7 Å². The number of aldehydes is 1. The Labute approximate surface area is 169 Å². The van der Waals surface area contributed by atoms with Crippen LogP contribution in [0.5, 0.6) is 0 Å². The van der Waals surface area contributed by atoms with Gasteiger partial charge in [-0.3, -0.25) is 9.69 Å². The third kappa shape index (κ3) is 3.53. The normalized spacial score (nSPS) is 23.5. The van der Waals surface area contributed by atoms with Gasteiger partial charge in [-0.15, -0.1) is 22.7 Å². The van der Waals surface area contributed by atoms with Crippen LogP contribution in [0.15, 0.2) is 12.3 Å². The Hall–Kier alpha value is -1.29. The number of carbonyl (C=O) groups excluding carboxylic acids is 1. The minimum atomic E-state index is -4.40. The maximum absolute atomic E-state index is 12.8. The molecule has 4 nitrogen and oxygen atoms in total. The molecular weight excluding hydrogens is 409 g/mol. The summed E-state index contributed by atoms with van der Waals surface area (Å²) >= 11 is 2.23. The first-order chi connectivity index (χ1) is 13.2. The zero-order chi connectivity index (χ0) is 20.1. The number of alkyl halides is 3. The summed E-state index contributed by atoms with van der Waals surface area (Å²) in [6.07, 6.45) is 0.253. The Kier molecular flexibility index (Phi) is 5.14. The Balaban J connectivity index is 1.51. The van der Waals surface area contributed by atoms with E-state index in [1.807, 2.05) is 19.9 Å². The molecule has 28 heavy (non-hydrogen) atoms. The van der Waals surface area contributed by atoms with Crippen molar-refractivity contribution in [1.82, 2.24) is 9.88 Å². The molecule has 1 saturated heterocycles. The van der Waals surface area contributed by atoms with Gasteiger partial charge >= 0.3 is 6.18 Å². The molecule has 0 bridgehead atoms. The van der Waals surface area contributed by atoms with Crippen LogP contribution in [-0.2, 0) is 22.9 Å². The summed E-state index contributed by atoms with van der Waals surface area (Å²) in [5, 5.41) is -0.795. The van der Waals surface area contributed by atoms with Crippen molar-refractivity contribution in [3.05, 3.63) is 37.5 Å². The zero-order valence-electron chi connectivity index (χ0n) is 15.6. The van der Waals surface area contributed by atoms with Crippen molar-refractivity contribution in [3.63, 3.8) is 0 Å². The summed E-state index contributed by atoms with van der Waals surface area (Å²) in [6.45, 7) is 5.42. The Morgan fingerprint density at radius 2 is 2.07 bits per heavy atom. The highest BCUT2D eigenvalue weighted by molar-refractivity contribution is 7.14. The van der Waals surface area contributed by atoms with Crippen molar-refractivity contribution in [2.24, 2.45) is 0 Å². The van der Waals surface area contributed by atoms with Crippen LogP contribution in [0.25, 0.3) is 0 Å². The average molecular weight is 431 g/mol. The van der Waals surface area contributed by atoms with Crippen LogP contribution < -0.4 is 0 Å². The predicted molar refractivity (Wildman–Crippen MR) is 102 cm³/mol. The number of nitrogens with zero attached hydrogens (tertiary/aromatic N) is 2. The molecule has 9 heteroatoms. The van der Waals surface area contributed by atoms with E-state index in [2.05, 4.69) is 9.88 Å². The topological polar surface area (TPSA) is 42.4 Å². The molecule has 2 aliphatic heterocycles. The van der Waals surface area contributed by atoms with Gasteiger partial charge < -0.3 is 4.74 Å². The van der Waals surface area contributed by atoms with E-state index in [0.717, 1.165) is 59.7 Å². The van der Waals surface area contributed by atoms with Crippen molar-refractivity contribution in [1.29, 1.82) is 0 Å². The molecule has 0 amide bonds. The first kappa shape index (κ1) is 20.0. The summed E-state index contributed by atoms with van der Waals surface area (Å²) in [5.74, 6) is 0. The number of likely N-dealkylation sites (tertiary alicyclic amines) is 1. The molecule has 4 heterocycles. The fourth-order valence-corrected chi connectivity index (χ4v) is 6.31. The first-order valence-electron chi connectivity index (χ1n) is 9.25. The lowest BCUT2D eigenvalue weighted by Gasteiger charge is -2.46. The quantitative estimate of drug-likeness (QED) is 0.639. The number of ether oxygens (including phenoxy) is 1. The number of aromatic nitrogens is 1. The lowest BCUT2D eigenvalue weighted by molar-refractivity contribution is -0.137. The molecule has 2 aliphatic rings. The molecule has 2 aromatic heterocycles. The van der Waals surface area contributed by atoms with Gasteiger partial charge in [0, 0.05) is 35.1 Å². The molecule has 0 aliphatic carbocycles. The second kappa shape index (κ2) is 7.19. The van der Waals surface area contributed by atoms with Crippen molar-refractivity contribution in [2.45, 2.75) is 57.0 Å². The number of fused-ring (bicyclic) bond motifs is 2. The molecule has 4 rings (SSSR count). The number of hydrogen-bond donors (Lipinski definition) is 0. The second-order valence-corrected chi connectivity index (χ2v) is 9.67. The van der Waals surface area contributed by atoms with Crippen molar-refractivity contribution in [2.75, 3.05) is 13.1 Å². The minimum Gasteiger partial charge on any atom is -0.366 e. The van der Waals surface area contributed by atoms with Crippen molar-refractivity contribution >= 4 is 29.0 Å². The third-order valence-corrected chi connectivity index (χ3v) is 8.12. The van der Waals surface area contributed by atoms with Gasteiger partial charge in [-0.05, 0) is 44.7 Å². The molecule has 2 aromatic rings. The van der Waals surface area contributed by atoms with Crippen LogP contribution >= 0.6 is 22.7 Å². The lowest BCUT2D eigenvalue weighted by atomic mass is 9.83. The minimum absolute atomic E-state index is 0.0846. The molecule has 1 spiro atoms. The molecular formula is C19H21F3N2O2S2. The van der Waals surface area contributed by atoms with Crippen LogP contribution in [0.3, 0.4) is 0 Å². The summed E-state index contributed by atoms with van der Waals surface area (Å²) in [7, 11) is 0. The maximum atomic E-state index is 12.8. The van der Waals surface area contributed by atoms with Gasteiger partial charge in [0.1, 0.15) is 5.60 Å². The molecule has 1 fully saturated rings. The standard InChI is InChI=1S/C19H21F3N2O2S2/c1-11-7-13-8-14(10-25)27-16(13)18(26-11)3-5-24(6-4-18)12(2)15-9-23-17(28-15)19(20,21)22/h8-12H,3-7H2,1-2H3. The van der Waals surface area contributed by atoms with E-state index in [0.29, 0.717) is 4.88 Å². The zero-order valence-corrected chi connectivity index (χ0v) is 17.2. The first-order valence-corrected chi connectivity index (χ1v) is 10.9. The van der Waals surface area contributed by atoms with Crippen LogP contribution in [0.1, 0.15) is 62.7 Å². The van der Waals surface area contributed by atoms with E-state index < -0.39 is 11.2 Å². The third-order valence-electron chi connectivity index (χ3n) is 5.62. The van der Waals surface area contributed by atoms with Crippen LogP contribution in [-0.4, -0.2) is 35.4 Å². The van der Waals surface area contributed by atoms with Gasteiger partial charge in [-0.2, -0.15) is 13.2 Å². The van der Waals surface area contributed by atoms with Gasteiger partial charge in [0.2, 0.25) is 0 Å². The van der Waals surface area contributed by atoms with E-state index in [1.54, 1.807) is 0 Å². The summed E-state index contributed by atoms with van der Waals surface area (Å²) in [4.78, 5) is 19.5. The number of carbonyl (C=O) groups is 1. The Bertz CT molecular complexity index is 869. The number of hydrogen-bond acceptors (Lipinski definition) is 6. The maximum Gasteiger partial charge on any atom is 0.443 e. The van der Waals surface area contributed by atoms with Crippen LogP contribution in [0.4, 0.5) is 13.2 Å². The monoisotopic (exact) mass is 430 g/mol. The number of piperidine rings is 1. The summed E-state index contributed by atoms with van der Waals surface area (Å²) in [5.41, 5.74) is 0.810. The highest BCUT2D eigenvalue weighted by Gasteiger charge is 2.45. The van der Waals surface area contributed by atoms with Gasteiger partial charge in [-0.1, -0.05) is 0 Å². The fraction of sp³-hybridized carbons (Fsp3) is 0.579. The molecule has 2 unspecified atom stereocenters. The second-order valence-electron chi connectivity index (χ2n) is 7.53. The molecule has 0 aromatic carbocycles. The smallest absolute Gasteiger partial charge is 0.366 e. The predicted octanol–water partition coefficient (Wildman–Crippen LogP) is 5.05. The fourth-order valence-electron chi connectivity index (χ4n) is 4.24. The average Bonchev–Trinajstić information content (AvgIpc) is 3.28. The van der Waals surface area contributed by atoms with E-state index in [-0.39, 0.29) is 17.7 Å².